The number of hydrogen-bond donors (Lipinski definition) is 2. The molecule has 0 radical (unpaired) electrons. The van der Waals surface area contributed by atoms with Crippen molar-refractivity contribution in [2.75, 3.05) is 31.9 Å². The monoisotopic (exact) mass is 244 g/mol. The summed E-state index contributed by atoms with van der Waals surface area (Å²) >= 11 is 4.19. The summed E-state index contributed by atoms with van der Waals surface area (Å²) in [7, 11) is 0. The highest BCUT2D eigenvalue weighted by Crippen LogP contribution is 2.23. The molecular weight excluding hydrogens is 216 g/mol. The van der Waals surface area contributed by atoms with Gasteiger partial charge in [-0.25, -0.2) is 0 Å². The Hall–Kier alpha value is 0.270. The van der Waals surface area contributed by atoms with Gasteiger partial charge in [0.2, 0.25) is 0 Å². The number of hydrogen-bond acceptors (Lipinski definition) is 3. The average Bonchev–Trinajstić information content (AvgIpc) is 2.31. The van der Waals surface area contributed by atoms with Crippen LogP contribution in [0.3, 0.4) is 0 Å². The van der Waals surface area contributed by atoms with Crippen LogP contribution in [0.2, 0.25) is 0 Å². The van der Waals surface area contributed by atoms with Gasteiger partial charge < -0.3 is 10.2 Å². The Morgan fingerprint density at radius 1 is 1.31 bits per heavy atom. The number of rotatable bonds is 7. The van der Waals surface area contributed by atoms with Crippen molar-refractivity contribution in [3.05, 3.63) is 0 Å². The van der Waals surface area contributed by atoms with Crippen molar-refractivity contribution in [3.63, 3.8) is 0 Å². The van der Waals surface area contributed by atoms with E-state index in [2.05, 4.69) is 36.7 Å². The first-order valence-corrected chi connectivity index (χ1v) is 7.46. The van der Waals surface area contributed by atoms with Crippen LogP contribution in [0.25, 0.3) is 0 Å². The van der Waals surface area contributed by atoms with Crippen molar-refractivity contribution in [2.45, 2.75) is 45.6 Å². The molecule has 1 rings (SSSR count). The van der Waals surface area contributed by atoms with Gasteiger partial charge in [0.15, 0.2) is 0 Å². The van der Waals surface area contributed by atoms with E-state index in [4.69, 9.17) is 0 Å². The largest absolute Gasteiger partial charge is 0.316 e. The van der Waals surface area contributed by atoms with Crippen LogP contribution in [0.15, 0.2) is 0 Å². The molecule has 96 valence electrons. The van der Waals surface area contributed by atoms with E-state index in [9.17, 15) is 0 Å². The molecule has 0 saturated carbocycles. The maximum absolute atomic E-state index is 4.19. The molecule has 1 aliphatic rings. The summed E-state index contributed by atoms with van der Waals surface area (Å²) < 4.78 is 0. The van der Waals surface area contributed by atoms with Gasteiger partial charge in [0.05, 0.1) is 0 Å². The third kappa shape index (κ3) is 5.07. The van der Waals surface area contributed by atoms with E-state index >= 15 is 0 Å². The van der Waals surface area contributed by atoms with Gasteiger partial charge in [-0.2, -0.15) is 12.6 Å². The van der Waals surface area contributed by atoms with Gasteiger partial charge in [0.1, 0.15) is 0 Å². The van der Waals surface area contributed by atoms with Crippen LogP contribution < -0.4 is 5.32 Å². The molecule has 1 saturated heterocycles. The minimum Gasteiger partial charge on any atom is -0.316 e. The number of piperidine rings is 1. The lowest BCUT2D eigenvalue weighted by Gasteiger charge is -2.37. The molecule has 3 heteroatoms. The summed E-state index contributed by atoms with van der Waals surface area (Å²) in [6.07, 6.45) is 5.45. The van der Waals surface area contributed by atoms with Crippen molar-refractivity contribution in [1.82, 2.24) is 10.2 Å². The van der Waals surface area contributed by atoms with Gasteiger partial charge in [-0.05, 0) is 45.2 Å². The Bertz CT molecular complexity index is 175. The van der Waals surface area contributed by atoms with Gasteiger partial charge in [-0.15, -0.1) is 0 Å². The minimum absolute atomic E-state index is 0.799. The molecule has 0 unspecified atom stereocenters. The predicted molar refractivity (Wildman–Crippen MR) is 75.4 cm³/mol. The summed E-state index contributed by atoms with van der Waals surface area (Å²) in [6.45, 7) is 9.47. The maximum atomic E-state index is 4.19. The molecule has 2 nitrogen and oxygen atoms in total. The Morgan fingerprint density at radius 2 is 2.12 bits per heavy atom. The van der Waals surface area contributed by atoms with Crippen LogP contribution in [0.1, 0.15) is 39.5 Å². The normalized spacial score (nSPS) is 27.2. The quantitative estimate of drug-likeness (QED) is 0.528. The summed E-state index contributed by atoms with van der Waals surface area (Å²) in [6, 6.07) is 0.799. The van der Waals surface area contributed by atoms with E-state index in [1.165, 1.54) is 38.8 Å². The predicted octanol–water partition coefficient (Wildman–Crippen LogP) is 2.41. The zero-order valence-electron chi connectivity index (χ0n) is 10.9. The highest BCUT2D eigenvalue weighted by Gasteiger charge is 2.23. The van der Waals surface area contributed by atoms with Gasteiger partial charge in [0.25, 0.3) is 0 Å². The highest BCUT2D eigenvalue weighted by atomic mass is 32.1. The molecule has 0 amide bonds. The van der Waals surface area contributed by atoms with Crippen LogP contribution in [0.5, 0.6) is 0 Å². The van der Waals surface area contributed by atoms with Crippen molar-refractivity contribution in [3.8, 4) is 0 Å². The van der Waals surface area contributed by atoms with Crippen LogP contribution in [-0.4, -0.2) is 42.9 Å². The highest BCUT2D eigenvalue weighted by molar-refractivity contribution is 7.80. The number of likely N-dealkylation sites (tertiary alicyclic amines) is 1. The number of nitrogens with one attached hydrogen (secondary N) is 1. The molecule has 1 heterocycles. The molecule has 1 N–H and O–H groups in total. The molecule has 0 aromatic rings. The van der Waals surface area contributed by atoms with Gasteiger partial charge in [0, 0.05) is 24.9 Å². The topological polar surface area (TPSA) is 15.3 Å². The summed E-state index contributed by atoms with van der Waals surface area (Å²) in [4.78, 5) is 2.68. The lowest BCUT2D eigenvalue weighted by atomic mass is 9.91. The molecule has 0 aromatic carbocycles. The van der Waals surface area contributed by atoms with E-state index < -0.39 is 0 Å². The number of nitrogens with zero attached hydrogens (tertiary/aromatic N) is 1. The van der Waals surface area contributed by atoms with E-state index in [1.807, 2.05) is 0 Å². The van der Waals surface area contributed by atoms with Gasteiger partial charge in [-0.1, -0.05) is 13.3 Å². The smallest absolute Gasteiger partial charge is 0.00671 e. The van der Waals surface area contributed by atoms with E-state index in [-0.39, 0.29) is 0 Å². The minimum atomic E-state index is 0.799. The molecule has 0 bridgehead atoms. The molecule has 1 fully saturated rings. The molecule has 0 spiro atoms. The third-order valence-electron chi connectivity index (χ3n) is 3.77. The molecule has 16 heavy (non-hydrogen) atoms. The fraction of sp³-hybridized carbons (Fsp3) is 1.00. The van der Waals surface area contributed by atoms with Crippen molar-refractivity contribution in [2.24, 2.45) is 5.92 Å². The van der Waals surface area contributed by atoms with Gasteiger partial charge in [-0.3, -0.25) is 0 Å². The maximum Gasteiger partial charge on any atom is 0.00671 e. The van der Waals surface area contributed by atoms with E-state index in [0.717, 1.165) is 30.8 Å². The first-order chi connectivity index (χ1) is 7.77. The lowest BCUT2D eigenvalue weighted by molar-refractivity contribution is 0.114. The molecule has 1 aliphatic heterocycles. The Morgan fingerprint density at radius 3 is 2.81 bits per heavy atom. The second-order valence-corrected chi connectivity index (χ2v) is 5.47. The molecular formula is C13H28N2S. The first kappa shape index (κ1) is 14.3. The Labute approximate surface area is 107 Å². The second-order valence-electron chi connectivity index (χ2n) is 5.02. The summed E-state index contributed by atoms with van der Waals surface area (Å²) in [5.41, 5.74) is 0. The zero-order valence-corrected chi connectivity index (χ0v) is 11.8. The third-order valence-corrected chi connectivity index (χ3v) is 4.00. The summed E-state index contributed by atoms with van der Waals surface area (Å²) in [5, 5.41) is 3.41. The van der Waals surface area contributed by atoms with Crippen LogP contribution >= 0.6 is 12.6 Å². The number of thiol groups is 1. The Balaban J connectivity index is 2.13. The van der Waals surface area contributed by atoms with E-state index in [0.29, 0.717) is 0 Å². The SMILES string of the molecule is CC[C@H]1CC[C@@H](C)N(CCCNCCS)C1. The standard InChI is InChI=1S/C13H28N2S/c1-3-13-6-5-12(2)15(11-13)9-4-7-14-8-10-16/h12-14,16H,3-11H2,1-2H3/t12-,13+/m1/s1. The van der Waals surface area contributed by atoms with Crippen LogP contribution in [0, 0.1) is 5.92 Å². The van der Waals surface area contributed by atoms with Crippen LogP contribution in [-0.2, 0) is 0 Å². The van der Waals surface area contributed by atoms with Crippen molar-refractivity contribution < 1.29 is 0 Å². The summed E-state index contributed by atoms with van der Waals surface area (Å²) in [5.74, 6) is 1.89. The van der Waals surface area contributed by atoms with Gasteiger partial charge >= 0.3 is 0 Å². The Kier molecular flexibility index (Phi) is 7.50. The fourth-order valence-electron chi connectivity index (χ4n) is 2.52. The molecule has 0 aromatic heterocycles. The fourth-order valence-corrected chi connectivity index (χ4v) is 2.68. The van der Waals surface area contributed by atoms with Crippen molar-refractivity contribution >= 4 is 12.6 Å². The lowest BCUT2D eigenvalue weighted by Crippen LogP contribution is -2.42. The average molecular weight is 244 g/mol. The van der Waals surface area contributed by atoms with Crippen LogP contribution in [0.4, 0.5) is 0 Å². The second kappa shape index (κ2) is 8.37. The first-order valence-electron chi connectivity index (χ1n) is 6.83. The van der Waals surface area contributed by atoms with E-state index in [1.54, 1.807) is 0 Å². The molecule has 0 aliphatic carbocycles. The van der Waals surface area contributed by atoms with Crippen molar-refractivity contribution in [1.29, 1.82) is 0 Å². The zero-order chi connectivity index (χ0) is 11.8. The molecule has 2 atom stereocenters.